The molecule has 25 heavy (non-hydrogen) atoms. The van der Waals surface area contributed by atoms with Crippen molar-refractivity contribution in [3.8, 4) is 0 Å². The topological polar surface area (TPSA) is 112 Å². The van der Waals surface area contributed by atoms with Gasteiger partial charge in [-0.25, -0.2) is 0 Å². The van der Waals surface area contributed by atoms with Gasteiger partial charge in [-0.2, -0.15) is 0 Å². The van der Waals surface area contributed by atoms with Crippen LogP contribution in [-0.2, 0) is 20.3 Å². The molecule has 0 aliphatic carbocycles. The Bertz CT molecular complexity index is 831. The average molecular weight is 364 g/mol. The van der Waals surface area contributed by atoms with Gasteiger partial charge in [-0.1, -0.05) is 49.4 Å². The second-order valence-corrected chi connectivity index (χ2v) is 8.86. The van der Waals surface area contributed by atoms with Crippen LogP contribution in [-0.4, -0.2) is 32.7 Å². The number of benzene rings is 2. The summed E-state index contributed by atoms with van der Waals surface area (Å²) in [4.78, 5) is 32.5. The zero-order chi connectivity index (χ0) is 18.6. The molecule has 0 saturated carbocycles. The first-order valence-electron chi connectivity index (χ1n) is 7.94. The van der Waals surface area contributed by atoms with Gasteiger partial charge in [-0.3, -0.25) is 14.2 Å². The second kappa shape index (κ2) is 7.81. The van der Waals surface area contributed by atoms with Gasteiger partial charge in [0.2, 0.25) is 7.37 Å². The van der Waals surface area contributed by atoms with E-state index in [9.17, 15) is 24.2 Å². The number of hydrogen-bond donors (Lipinski definition) is 3. The van der Waals surface area contributed by atoms with Crippen molar-refractivity contribution in [1.82, 2.24) is 0 Å². The van der Waals surface area contributed by atoms with Crippen LogP contribution < -0.4 is 0 Å². The molecule has 7 heteroatoms. The van der Waals surface area contributed by atoms with Crippen LogP contribution in [0.4, 0.5) is 0 Å². The molecule has 0 fully saturated rings. The van der Waals surface area contributed by atoms with E-state index >= 15 is 0 Å². The lowest BCUT2D eigenvalue weighted by Gasteiger charge is -2.25. The number of hydrogen-bond acceptors (Lipinski definition) is 3. The van der Waals surface area contributed by atoms with E-state index in [0.717, 1.165) is 10.8 Å². The maximum Gasteiger partial charge on any atom is 0.307 e. The average Bonchev–Trinajstić information content (AvgIpc) is 2.53. The Morgan fingerprint density at radius 2 is 1.72 bits per heavy atom. The van der Waals surface area contributed by atoms with E-state index in [0.29, 0.717) is 5.56 Å². The molecule has 0 amide bonds. The lowest BCUT2D eigenvalue weighted by atomic mass is 10.0. The number of aliphatic carboxylic acids is 2. The minimum atomic E-state index is -3.83. The van der Waals surface area contributed by atoms with Gasteiger partial charge in [0.25, 0.3) is 0 Å². The molecule has 2 aromatic carbocycles. The van der Waals surface area contributed by atoms with E-state index in [1.54, 1.807) is 6.07 Å². The van der Waals surface area contributed by atoms with Crippen molar-refractivity contribution in [1.29, 1.82) is 0 Å². The molecule has 3 atom stereocenters. The molecule has 0 spiro atoms. The Hall–Kier alpha value is -2.17. The van der Waals surface area contributed by atoms with Gasteiger partial charge in [-0.15, -0.1) is 0 Å². The van der Waals surface area contributed by atoms with Crippen molar-refractivity contribution in [2.45, 2.75) is 31.6 Å². The predicted octanol–water partition coefficient (Wildman–Crippen LogP) is 3.56. The maximum absolute atomic E-state index is 12.8. The molecule has 0 heterocycles. The molecule has 134 valence electrons. The van der Waals surface area contributed by atoms with Crippen molar-refractivity contribution in [3.05, 3.63) is 48.0 Å². The highest BCUT2D eigenvalue weighted by molar-refractivity contribution is 7.58. The first-order valence-corrected chi connectivity index (χ1v) is 9.86. The normalized spacial score (nSPS) is 16.1. The van der Waals surface area contributed by atoms with Crippen molar-refractivity contribution in [2.24, 2.45) is 5.92 Å². The van der Waals surface area contributed by atoms with Crippen molar-refractivity contribution >= 4 is 30.1 Å². The number of carboxylic acid groups (broad SMARTS) is 2. The fourth-order valence-corrected chi connectivity index (χ4v) is 4.72. The fraction of sp³-hybridized carbons (Fsp3) is 0.333. The first kappa shape index (κ1) is 19.2. The summed E-state index contributed by atoms with van der Waals surface area (Å²) in [7, 11) is -3.83. The number of rotatable bonds is 8. The quantitative estimate of drug-likeness (QED) is 0.618. The summed E-state index contributed by atoms with van der Waals surface area (Å²) in [5.41, 5.74) is -0.380. The molecule has 0 radical (unpaired) electrons. The Kier molecular flexibility index (Phi) is 5.98. The molecular weight excluding hydrogens is 343 g/mol. The number of carboxylic acids is 2. The minimum Gasteiger partial charge on any atom is -0.481 e. The molecule has 3 N–H and O–H groups in total. The van der Waals surface area contributed by atoms with Crippen LogP contribution in [0.15, 0.2) is 42.5 Å². The van der Waals surface area contributed by atoms with Crippen LogP contribution in [0.25, 0.3) is 10.8 Å². The third-order valence-electron chi connectivity index (χ3n) is 4.43. The highest BCUT2D eigenvalue weighted by atomic mass is 31.2. The van der Waals surface area contributed by atoms with Gasteiger partial charge >= 0.3 is 11.9 Å². The smallest absolute Gasteiger partial charge is 0.307 e. The Morgan fingerprint density at radius 3 is 2.32 bits per heavy atom. The van der Waals surface area contributed by atoms with Crippen molar-refractivity contribution < 1.29 is 29.3 Å². The molecule has 0 saturated heterocycles. The standard InChI is InChI=1S/C18H21O6P/c1-12(16(18(21)22)8-9-17(19)20)25(23,24)11-13-6-7-14-4-2-3-5-15(14)10-13/h2-7,10,12,16H,8-9,11H2,1H3,(H,19,20)(H,21,22)(H,23,24). The van der Waals surface area contributed by atoms with Gasteiger partial charge in [0.05, 0.1) is 5.92 Å². The van der Waals surface area contributed by atoms with Gasteiger partial charge < -0.3 is 15.1 Å². The number of carbonyl (C=O) groups is 2. The highest BCUT2D eigenvalue weighted by Gasteiger charge is 2.37. The molecule has 6 nitrogen and oxygen atoms in total. The summed E-state index contributed by atoms with van der Waals surface area (Å²) in [5.74, 6) is -3.55. The van der Waals surface area contributed by atoms with Gasteiger partial charge in [0.15, 0.2) is 0 Å². The predicted molar refractivity (Wildman–Crippen MR) is 94.9 cm³/mol. The van der Waals surface area contributed by atoms with Crippen LogP contribution in [0.1, 0.15) is 25.3 Å². The molecule has 0 bridgehead atoms. The summed E-state index contributed by atoms with van der Waals surface area (Å²) < 4.78 is 12.8. The van der Waals surface area contributed by atoms with Crippen LogP contribution >= 0.6 is 7.37 Å². The molecule has 0 aliphatic rings. The molecule has 0 aromatic heterocycles. The Labute approximate surface area is 145 Å². The highest BCUT2D eigenvalue weighted by Crippen LogP contribution is 2.53. The summed E-state index contributed by atoms with van der Waals surface area (Å²) in [6.45, 7) is 1.41. The van der Waals surface area contributed by atoms with E-state index in [2.05, 4.69) is 0 Å². The number of fused-ring (bicyclic) bond motifs is 1. The van der Waals surface area contributed by atoms with Crippen LogP contribution in [0.3, 0.4) is 0 Å². The lowest BCUT2D eigenvalue weighted by Crippen LogP contribution is -2.27. The third-order valence-corrected chi connectivity index (χ3v) is 6.88. The van der Waals surface area contributed by atoms with Gasteiger partial charge in [0, 0.05) is 18.2 Å². The molecular formula is C18H21O6P. The van der Waals surface area contributed by atoms with E-state index in [1.165, 1.54) is 6.92 Å². The van der Waals surface area contributed by atoms with E-state index < -0.39 is 30.9 Å². The SMILES string of the molecule is CC(C(CCC(=O)O)C(=O)O)P(=O)(O)Cc1ccc2ccccc2c1. The van der Waals surface area contributed by atoms with Gasteiger partial charge in [0.1, 0.15) is 0 Å². The third kappa shape index (κ3) is 4.91. The van der Waals surface area contributed by atoms with Crippen molar-refractivity contribution in [2.75, 3.05) is 0 Å². The Morgan fingerprint density at radius 1 is 1.08 bits per heavy atom. The minimum absolute atomic E-state index is 0.143. The van der Waals surface area contributed by atoms with Crippen LogP contribution in [0, 0.1) is 5.92 Å². The van der Waals surface area contributed by atoms with Crippen molar-refractivity contribution in [3.63, 3.8) is 0 Å². The molecule has 3 unspecified atom stereocenters. The zero-order valence-corrected chi connectivity index (χ0v) is 14.7. The zero-order valence-electron chi connectivity index (χ0n) is 13.8. The second-order valence-electron chi connectivity index (χ2n) is 6.21. The van der Waals surface area contributed by atoms with Crippen LogP contribution in [0.2, 0.25) is 0 Å². The van der Waals surface area contributed by atoms with Gasteiger partial charge in [-0.05, 0) is 22.8 Å². The summed E-state index contributed by atoms with van der Waals surface area (Å²) >= 11 is 0. The molecule has 0 aliphatic heterocycles. The van der Waals surface area contributed by atoms with E-state index in [1.807, 2.05) is 36.4 Å². The lowest BCUT2D eigenvalue weighted by molar-refractivity contribution is -0.143. The summed E-state index contributed by atoms with van der Waals surface area (Å²) in [6.07, 6.45) is -0.665. The summed E-state index contributed by atoms with van der Waals surface area (Å²) in [5, 5.41) is 20.0. The molecule has 2 aromatic rings. The van der Waals surface area contributed by atoms with E-state index in [4.69, 9.17) is 5.11 Å². The first-order chi connectivity index (χ1) is 11.7. The summed E-state index contributed by atoms with van der Waals surface area (Å²) in [6, 6.07) is 13.0. The van der Waals surface area contributed by atoms with Crippen LogP contribution in [0.5, 0.6) is 0 Å². The maximum atomic E-state index is 12.8. The monoisotopic (exact) mass is 364 g/mol. The van der Waals surface area contributed by atoms with E-state index in [-0.39, 0.29) is 19.0 Å². The Balaban J connectivity index is 2.20. The largest absolute Gasteiger partial charge is 0.481 e. The molecule has 2 rings (SSSR count). The fourth-order valence-electron chi connectivity index (χ4n) is 2.87.